The molecule has 0 spiro atoms. The van der Waals surface area contributed by atoms with E-state index in [-0.39, 0.29) is 31.5 Å². The average Bonchev–Trinajstić information content (AvgIpc) is 2.41. The van der Waals surface area contributed by atoms with Crippen LogP contribution in [-0.4, -0.2) is 53.4 Å². The van der Waals surface area contributed by atoms with Crippen molar-refractivity contribution in [3.63, 3.8) is 0 Å². The van der Waals surface area contributed by atoms with Crippen LogP contribution in [0.4, 0.5) is 4.79 Å². The number of carboxylic acid groups (broad SMARTS) is 1. The summed E-state index contributed by atoms with van der Waals surface area (Å²) in [5.41, 5.74) is 0. The Balaban J connectivity index is 4.19. The monoisotopic (exact) mass is 300 g/mol. The third kappa shape index (κ3) is 9.07. The molecule has 0 aromatic carbocycles. The molecule has 0 saturated carbocycles. The van der Waals surface area contributed by atoms with E-state index < -0.39 is 5.97 Å². The van der Waals surface area contributed by atoms with Gasteiger partial charge in [-0.15, -0.1) is 6.58 Å². The first-order valence-corrected chi connectivity index (χ1v) is 7.38. The van der Waals surface area contributed by atoms with Crippen molar-refractivity contribution < 1.29 is 19.8 Å². The highest BCUT2D eigenvalue weighted by Gasteiger charge is 2.16. The van der Waals surface area contributed by atoms with E-state index in [0.29, 0.717) is 25.4 Å². The fourth-order valence-electron chi connectivity index (χ4n) is 2.15. The number of carbonyl (C=O) groups excluding carboxylic acids is 1. The number of rotatable bonds is 11. The minimum atomic E-state index is -0.787. The molecule has 0 aliphatic carbocycles. The predicted molar refractivity (Wildman–Crippen MR) is 82.1 cm³/mol. The highest BCUT2D eigenvalue weighted by atomic mass is 16.4. The van der Waals surface area contributed by atoms with Crippen molar-refractivity contribution in [3.8, 4) is 0 Å². The lowest BCUT2D eigenvalue weighted by Crippen LogP contribution is -2.42. The third-order valence-electron chi connectivity index (χ3n) is 3.47. The second-order valence-electron chi connectivity index (χ2n) is 5.42. The third-order valence-corrected chi connectivity index (χ3v) is 3.47. The molecule has 0 aliphatic rings. The van der Waals surface area contributed by atoms with Gasteiger partial charge in [0, 0.05) is 26.1 Å². The van der Waals surface area contributed by atoms with Gasteiger partial charge in [0.2, 0.25) is 0 Å². The quantitative estimate of drug-likeness (QED) is 0.507. The van der Waals surface area contributed by atoms with Crippen molar-refractivity contribution in [1.82, 2.24) is 10.2 Å². The number of hydrogen-bond donors (Lipinski definition) is 3. The van der Waals surface area contributed by atoms with E-state index in [4.69, 9.17) is 10.2 Å². The predicted octanol–water partition coefficient (Wildman–Crippen LogP) is 1.70. The first kappa shape index (κ1) is 19.4. The fourth-order valence-corrected chi connectivity index (χ4v) is 2.15. The van der Waals surface area contributed by atoms with E-state index in [0.717, 1.165) is 6.42 Å². The Bertz CT molecular complexity index is 332. The summed E-state index contributed by atoms with van der Waals surface area (Å²) in [5.74, 6) is -0.139. The van der Waals surface area contributed by atoms with Crippen molar-refractivity contribution in [3.05, 3.63) is 12.7 Å². The van der Waals surface area contributed by atoms with Crippen LogP contribution in [0.2, 0.25) is 0 Å². The number of carboxylic acids is 1. The summed E-state index contributed by atoms with van der Waals surface area (Å²) < 4.78 is 0. The molecule has 0 aromatic rings. The van der Waals surface area contributed by atoms with E-state index in [1.807, 2.05) is 0 Å². The van der Waals surface area contributed by atoms with Gasteiger partial charge in [-0.05, 0) is 24.7 Å². The molecule has 0 heterocycles. The Labute approximate surface area is 126 Å². The molecule has 0 aromatic heterocycles. The molecule has 2 amide bonds. The van der Waals surface area contributed by atoms with Crippen molar-refractivity contribution in [2.75, 3.05) is 26.2 Å². The van der Waals surface area contributed by atoms with E-state index in [2.05, 4.69) is 25.7 Å². The molecule has 3 N–H and O–H groups in total. The first-order chi connectivity index (χ1) is 9.92. The molecule has 0 saturated heterocycles. The maximum atomic E-state index is 11.9. The average molecular weight is 300 g/mol. The lowest BCUT2D eigenvalue weighted by molar-refractivity contribution is -0.137. The van der Waals surface area contributed by atoms with Crippen LogP contribution in [0.3, 0.4) is 0 Å². The van der Waals surface area contributed by atoms with Gasteiger partial charge in [0.25, 0.3) is 0 Å². The number of aliphatic hydroxyl groups excluding tert-OH is 1. The maximum absolute atomic E-state index is 11.9. The van der Waals surface area contributed by atoms with Crippen molar-refractivity contribution in [2.24, 2.45) is 11.8 Å². The molecule has 0 rings (SSSR count). The summed E-state index contributed by atoms with van der Waals surface area (Å²) in [6.45, 7) is 8.77. The molecule has 1 atom stereocenters. The second kappa shape index (κ2) is 11.1. The maximum Gasteiger partial charge on any atom is 0.317 e. The minimum Gasteiger partial charge on any atom is -0.481 e. The van der Waals surface area contributed by atoms with Gasteiger partial charge in [0.05, 0.1) is 6.61 Å². The number of carbonyl (C=O) groups is 2. The zero-order valence-corrected chi connectivity index (χ0v) is 13.0. The molecule has 0 radical (unpaired) electrons. The van der Waals surface area contributed by atoms with Gasteiger partial charge < -0.3 is 20.4 Å². The first-order valence-electron chi connectivity index (χ1n) is 7.38. The largest absolute Gasteiger partial charge is 0.481 e. The van der Waals surface area contributed by atoms with Crippen LogP contribution in [-0.2, 0) is 4.79 Å². The van der Waals surface area contributed by atoms with Crippen LogP contribution in [0.5, 0.6) is 0 Å². The van der Waals surface area contributed by atoms with Gasteiger partial charge in [0.1, 0.15) is 0 Å². The van der Waals surface area contributed by atoms with Crippen LogP contribution in [0.15, 0.2) is 12.7 Å². The Morgan fingerprint density at radius 3 is 2.48 bits per heavy atom. The molecule has 122 valence electrons. The van der Waals surface area contributed by atoms with E-state index in [1.165, 1.54) is 4.90 Å². The Morgan fingerprint density at radius 1 is 1.33 bits per heavy atom. The summed E-state index contributed by atoms with van der Waals surface area (Å²) in [5, 5.41) is 20.5. The number of amides is 2. The van der Waals surface area contributed by atoms with Crippen molar-refractivity contribution in [1.29, 1.82) is 0 Å². The van der Waals surface area contributed by atoms with E-state index in [9.17, 15) is 9.59 Å². The number of nitrogens with zero attached hydrogens (tertiary/aromatic N) is 1. The summed E-state index contributed by atoms with van der Waals surface area (Å²) in [6.07, 6.45) is 3.14. The van der Waals surface area contributed by atoms with Gasteiger partial charge >= 0.3 is 12.0 Å². The lowest BCUT2D eigenvalue weighted by Gasteiger charge is -2.23. The van der Waals surface area contributed by atoms with Gasteiger partial charge in [-0.3, -0.25) is 4.79 Å². The van der Waals surface area contributed by atoms with Crippen LogP contribution >= 0.6 is 0 Å². The summed E-state index contributed by atoms with van der Waals surface area (Å²) in [7, 11) is 0. The normalized spacial score (nSPS) is 12.0. The van der Waals surface area contributed by atoms with Gasteiger partial charge in [0.15, 0.2) is 0 Å². The van der Waals surface area contributed by atoms with Gasteiger partial charge in [-0.2, -0.15) is 0 Å². The molecule has 0 aliphatic heterocycles. The van der Waals surface area contributed by atoms with Crippen molar-refractivity contribution in [2.45, 2.75) is 33.1 Å². The van der Waals surface area contributed by atoms with Crippen molar-refractivity contribution >= 4 is 12.0 Å². The highest BCUT2D eigenvalue weighted by molar-refractivity contribution is 5.74. The highest BCUT2D eigenvalue weighted by Crippen LogP contribution is 2.20. The Morgan fingerprint density at radius 2 is 2.00 bits per heavy atom. The zero-order chi connectivity index (χ0) is 16.3. The minimum absolute atomic E-state index is 0.0888. The van der Waals surface area contributed by atoms with Crippen LogP contribution in [0.1, 0.15) is 33.1 Å². The molecule has 0 bridgehead atoms. The lowest BCUT2D eigenvalue weighted by atomic mass is 9.88. The van der Waals surface area contributed by atoms with Crippen LogP contribution in [0, 0.1) is 11.8 Å². The standard InChI is InChI=1S/C15H28N2O4/c1-4-9-17(10-11-18)15(21)16-8-7-13(12(2)3)5-6-14(19)20/h4,12-13,18H,1,5-11H2,2-3H3,(H,16,21)(H,19,20). The molecular weight excluding hydrogens is 272 g/mol. The summed E-state index contributed by atoms with van der Waals surface area (Å²) in [6, 6.07) is -0.232. The second-order valence-corrected chi connectivity index (χ2v) is 5.42. The smallest absolute Gasteiger partial charge is 0.317 e. The number of nitrogens with one attached hydrogen (secondary N) is 1. The van der Waals surface area contributed by atoms with E-state index in [1.54, 1.807) is 6.08 Å². The number of hydrogen-bond acceptors (Lipinski definition) is 3. The Hall–Kier alpha value is -1.56. The summed E-state index contributed by atoms with van der Waals surface area (Å²) in [4.78, 5) is 24.0. The fraction of sp³-hybridized carbons (Fsp3) is 0.733. The van der Waals surface area contributed by atoms with Gasteiger partial charge in [-0.1, -0.05) is 19.9 Å². The molecule has 0 fully saturated rings. The zero-order valence-electron chi connectivity index (χ0n) is 13.0. The number of aliphatic carboxylic acids is 1. The number of urea groups is 1. The molecule has 6 nitrogen and oxygen atoms in total. The molecule has 21 heavy (non-hydrogen) atoms. The van der Waals surface area contributed by atoms with Crippen LogP contribution < -0.4 is 5.32 Å². The Kier molecular flexibility index (Phi) is 10.3. The van der Waals surface area contributed by atoms with Crippen LogP contribution in [0.25, 0.3) is 0 Å². The molecular formula is C15H28N2O4. The SMILES string of the molecule is C=CCN(CCO)C(=O)NCCC(CCC(=O)O)C(C)C. The molecule has 1 unspecified atom stereocenters. The molecule has 6 heteroatoms. The summed E-state index contributed by atoms with van der Waals surface area (Å²) >= 11 is 0. The topological polar surface area (TPSA) is 89.9 Å². The van der Waals surface area contributed by atoms with E-state index >= 15 is 0 Å². The van der Waals surface area contributed by atoms with Gasteiger partial charge in [-0.25, -0.2) is 4.79 Å². The number of aliphatic hydroxyl groups is 1.